The quantitative estimate of drug-likeness (QED) is 0.0826. The molecule has 2 unspecified atom stereocenters. The van der Waals surface area contributed by atoms with Crippen molar-refractivity contribution in [1.29, 1.82) is 0 Å². The number of imide groups is 4. The number of carbonyl (C=O) groups is 8. The number of hydrogen-bond donors (Lipinski definition) is 0. The van der Waals surface area contributed by atoms with Gasteiger partial charge < -0.3 is 0 Å². The van der Waals surface area contributed by atoms with E-state index in [0.717, 1.165) is 112 Å². The minimum Gasteiger partial charge on any atom is -0.271 e. The van der Waals surface area contributed by atoms with Gasteiger partial charge in [-0.3, -0.25) is 72.9 Å². The number of fused-ring (bicyclic) bond motifs is 4. The first-order valence-corrected chi connectivity index (χ1v) is 34.4. The molecule has 2 atom stereocenters. The molecule has 470 valence electrons. The molecule has 4 aliphatic carbocycles. The van der Waals surface area contributed by atoms with Gasteiger partial charge in [-0.1, -0.05) is 124 Å². The van der Waals surface area contributed by atoms with Gasteiger partial charge in [0.15, 0.2) is 5.69 Å². The Balaban J connectivity index is 0.613. The molecule has 20 rings (SSSR count). The van der Waals surface area contributed by atoms with Crippen LogP contribution >= 0.6 is 0 Å². The van der Waals surface area contributed by atoms with Crippen LogP contribution in [0.2, 0.25) is 0 Å². The van der Waals surface area contributed by atoms with Crippen LogP contribution in [0.25, 0.3) is 109 Å². The molecule has 8 aromatic carbocycles. The molecule has 17 heteroatoms. The summed E-state index contributed by atoms with van der Waals surface area (Å²) < 4.78 is 0. The first-order valence-electron chi connectivity index (χ1n) is 34.4. The Morgan fingerprint density at radius 1 is 0.281 bits per heavy atom. The van der Waals surface area contributed by atoms with Gasteiger partial charge in [0.25, 0.3) is 47.3 Å². The Bertz CT molecular complexity index is 5460. The average molecular weight is 1260 g/mol. The number of benzene rings is 8. The van der Waals surface area contributed by atoms with Gasteiger partial charge in [0.2, 0.25) is 0 Å². The molecule has 4 aliphatic heterocycles. The topological polar surface area (TPSA) is 214 Å². The normalized spacial score (nSPS) is 22.0. The smallest absolute Gasteiger partial charge is 0.271 e. The van der Waals surface area contributed by atoms with E-state index in [2.05, 4.69) is 5.10 Å². The number of amides is 8. The van der Waals surface area contributed by atoms with Gasteiger partial charge in [-0.2, -0.15) is 0 Å². The molecule has 4 aromatic heterocycles. The Kier molecular flexibility index (Phi) is 11.9. The molecule has 8 aliphatic rings. The van der Waals surface area contributed by atoms with E-state index < -0.39 is 23.8 Å². The monoisotopic (exact) mass is 1260 g/mol. The van der Waals surface area contributed by atoms with Crippen molar-refractivity contribution >= 4 is 134 Å². The van der Waals surface area contributed by atoms with Gasteiger partial charge in [0.05, 0.1) is 38.8 Å². The Morgan fingerprint density at radius 3 is 1.23 bits per heavy atom. The highest BCUT2D eigenvalue weighted by atomic mass is 16.2. The number of nitrogens with zero attached hydrogens (tertiary/aromatic N) is 9. The first kappa shape index (κ1) is 55.9. The summed E-state index contributed by atoms with van der Waals surface area (Å²) in [5, 5.41) is 16.5. The molecule has 0 saturated heterocycles. The molecule has 12 aromatic rings. The Labute approximate surface area is 548 Å². The molecule has 0 radical (unpaired) electrons. The van der Waals surface area contributed by atoms with E-state index in [4.69, 9.17) is 20.1 Å². The van der Waals surface area contributed by atoms with Gasteiger partial charge in [0, 0.05) is 124 Å². The SMILES string of the molecule is O=C1c2ccc3c4nnc5c6c(ccc(c7ncc(c2c37)C(=O)N1C1CCCC(C2CCC(N3C(=O)c7cnc8c9c(-c%10ccccc%10)cc%10c%11c(cnc(c%12c(-c%13ccccc%13)cc(c7c8%12)C3=O)c%119)C(=O)N(C3CCCCC3)C%10=O)CC2)C1)c64)C(=O)N(C1CCCCC1)C5=O. The van der Waals surface area contributed by atoms with Crippen molar-refractivity contribution in [2.24, 2.45) is 11.8 Å². The van der Waals surface area contributed by atoms with Crippen LogP contribution in [0.5, 0.6) is 0 Å². The van der Waals surface area contributed by atoms with Crippen molar-refractivity contribution in [1.82, 2.24) is 44.7 Å². The van der Waals surface area contributed by atoms with Gasteiger partial charge in [-0.05, 0) is 123 Å². The summed E-state index contributed by atoms with van der Waals surface area (Å²) in [4.78, 5) is 141. The first-order chi connectivity index (χ1) is 47.0. The van der Waals surface area contributed by atoms with E-state index in [1.165, 1.54) is 19.6 Å². The third kappa shape index (κ3) is 7.48. The highest BCUT2D eigenvalue weighted by Gasteiger charge is 2.48. The fourth-order valence-corrected chi connectivity index (χ4v) is 19.4. The minimum atomic E-state index is -0.432. The van der Waals surface area contributed by atoms with E-state index in [-0.39, 0.29) is 65.2 Å². The molecule has 4 fully saturated rings. The predicted molar refractivity (Wildman–Crippen MR) is 362 cm³/mol. The predicted octanol–water partition coefficient (Wildman–Crippen LogP) is 15.0. The summed E-state index contributed by atoms with van der Waals surface area (Å²) in [7, 11) is 0. The summed E-state index contributed by atoms with van der Waals surface area (Å²) in [5.41, 5.74) is 8.09. The third-order valence-electron chi connectivity index (χ3n) is 23.7. The highest BCUT2D eigenvalue weighted by molar-refractivity contribution is 6.44. The van der Waals surface area contributed by atoms with Crippen LogP contribution in [0.15, 0.2) is 116 Å². The van der Waals surface area contributed by atoms with E-state index >= 15 is 24.0 Å². The zero-order valence-corrected chi connectivity index (χ0v) is 52.5. The maximum Gasteiger partial charge on any atom is 0.282 e. The summed E-state index contributed by atoms with van der Waals surface area (Å²) >= 11 is 0. The zero-order valence-electron chi connectivity index (χ0n) is 52.5. The van der Waals surface area contributed by atoms with E-state index in [9.17, 15) is 14.4 Å². The molecular weight excluding hydrogens is 1200 g/mol. The summed E-state index contributed by atoms with van der Waals surface area (Å²) in [6.07, 6.45) is 19.5. The molecule has 0 N–H and O–H groups in total. The van der Waals surface area contributed by atoms with Crippen molar-refractivity contribution in [2.75, 3.05) is 0 Å². The number of pyridine rings is 3. The molecular formula is C79H61N9O8. The van der Waals surface area contributed by atoms with Crippen LogP contribution in [-0.4, -0.2) is 116 Å². The fraction of sp³-hybridized carbons (Fsp3) is 0.304. The standard InChI is InChI=1S/C79H61N9O8/c89-72-48-30-29-47-60-57(48)54(35-80-67(60)46-28-31-49-62-61(46)68(47)83-84-71(62)79(96)87(73(49)90)43-21-11-4-12-22-43)78(95)88(72)45-23-13-18-41(32-45)38-24-26-44(27-25-38)86-75(92)53-34-51(40-16-7-2-8-17-40)64-66-59(53)56(77(86)94)37-82-70(66)63-50(39-14-5-1-6-15-39)33-52-58-55(36-81-69(64)65(58)63)76(93)85(74(52)91)42-19-9-3-10-20-42/h1-2,5-8,14-17,28-31,33-38,41-45H,3-4,9-13,18-27,32H2. The summed E-state index contributed by atoms with van der Waals surface area (Å²) in [5.74, 6) is -2.52. The molecule has 4 saturated carbocycles. The summed E-state index contributed by atoms with van der Waals surface area (Å²) in [6, 6.07) is 29.6. The minimum absolute atomic E-state index is 0.148. The number of aromatic nitrogens is 5. The van der Waals surface area contributed by atoms with Crippen molar-refractivity contribution in [3.05, 3.63) is 160 Å². The number of rotatable bonds is 7. The second-order valence-corrected chi connectivity index (χ2v) is 28.4. The van der Waals surface area contributed by atoms with Crippen LogP contribution in [0, 0.1) is 11.8 Å². The molecule has 17 nitrogen and oxygen atoms in total. The lowest BCUT2D eigenvalue weighted by Crippen LogP contribution is -2.50. The Morgan fingerprint density at radius 2 is 0.698 bits per heavy atom. The summed E-state index contributed by atoms with van der Waals surface area (Å²) in [6.45, 7) is 0. The largest absolute Gasteiger partial charge is 0.282 e. The average Bonchev–Trinajstić information content (AvgIpc) is 0.683. The van der Waals surface area contributed by atoms with Gasteiger partial charge in [0.1, 0.15) is 5.52 Å². The molecule has 8 heterocycles. The van der Waals surface area contributed by atoms with E-state index in [0.29, 0.717) is 151 Å². The molecule has 96 heavy (non-hydrogen) atoms. The van der Waals surface area contributed by atoms with Gasteiger partial charge in [-0.25, -0.2) is 0 Å². The lowest BCUT2D eigenvalue weighted by Gasteiger charge is -2.43. The van der Waals surface area contributed by atoms with Crippen LogP contribution < -0.4 is 0 Å². The van der Waals surface area contributed by atoms with Crippen molar-refractivity contribution < 1.29 is 38.4 Å². The second kappa shape index (κ2) is 20.5. The fourth-order valence-electron chi connectivity index (χ4n) is 19.4. The number of hydrogen-bond acceptors (Lipinski definition) is 13. The van der Waals surface area contributed by atoms with E-state index in [1.54, 1.807) is 30.7 Å². The lowest BCUT2D eigenvalue weighted by atomic mass is 9.70. The highest BCUT2D eigenvalue weighted by Crippen LogP contribution is 2.53. The van der Waals surface area contributed by atoms with Crippen LogP contribution in [-0.2, 0) is 0 Å². The molecule has 0 spiro atoms. The van der Waals surface area contributed by atoms with Crippen molar-refractivity contribution in [3.63, 3.8) is 0 Å². The second-order valence-electron chi connectivity index (χ2n) is 28.4. The van der Waals surface area contributed by atoms with Crippen molar-refractivity contribution in [3.8, 4) is 22.3 Å². The molecule has 0 bridgehead atoms. The maximum absolute atomic E-state index is 15.7. The Hall–Kier alpha value is -10.5. The van der Waals surface area contributed by atoms with Gasteiger partial charge >= 0.3 is 0 Å². The van der Waals surface area contributed by atoms with Crippen LogP contribution in [0.1, 0.15) is 199 Å². The lowest BCUT2D eigenvalue weighted by molar-refractivity contribution is 0.0387. The number of carbonyl (C=O) groups excluding carboxylic acids is 8. The van der Waals surface area contributed by atoms with E-state index in [1.807, 2.05) is 84.9 Å². The van der Waals surface area contributed by atoms with Crippen LogP contribution in [0.4, 0.5) is 0 Å². The zero-order chi connectivity index (χ0) is 64.3. The molecule has 8 amide bonds. The third-order valence-corrected chi connectivity index (χ3v) is 23.7. The van der Waals surface area contributed by atoms with Gasteiger partial charge in [-0.15, -0.1) is 10.2 Å². The van der Waals surface area contributed by atoms with Crippen LogP contribution in [0.3, 0.4) is 0 Å². The maximum atomic E-state index is 15.7. The van der Waals surface area contributed by atoms with Crippen molar-refractivity contribution in [2.45, 2.75) is 140 Å².